The van der Waals surface area contributed by atoms with E-state index in [-0.39, 0.29) is 24.3 Å². The minimum atomic E-state index is -0.510. The minimum absolute atomic E-state index is 0. The molecule has 0 aromatic heterocycles. The molecule has 0 aliphatic rings. The van der Waals surface area contributed by atoms with Crippen molar-refractivity contribution in [2.45, 2.75) is 46.3 Å². The van der Waals surface area contributed by atoms with E-state index in [1.807, 2.05) is 34.6 Å². The Labute approximate surface area is 86.4 Å². The van der Waals surface area contributed by atoms with E-state index in [1.165, 1.54) is 0 Å². The van der Waals surface area contributed by atoms with Crippen molar-refractivity contribution in [1.29, 1.82) is 0 Å². The van der Waals surface area contributed by atoms with Gasteiger partial charge in [-0.25, -0.2) is 0 Å². The first-order valence-corrected chi connectivity index (χ1v) is 4.22. The molecule has 0 aromatic carbocycles. The molecule has 2 N–H and O–H groups in total. The monoisotopic (exact) mass is 209 g/mol. The van der Waals surface area contributed by atoms with E-state index in [2.05, 4.69) is 0 Å². The average Bonchev–Trinajstić information content (AvgIpc) is 1.82. The summed E-state index contributed by atoms with van der Waals surface area (Å²) in [5.74, 6) is -0.197. The molecule has 0 amide bonds. The molecule has 0 fully saturated rings. The zero-order valence-corrected chi connectivity index (χ0v) is 9.77. The van der Waals surface area contributed by atoms with Gasteiger partial charge in [-0.15, -0.1) is 12.4 Å². The first-order valence-electron chi connectivity index (χ1n) is 4.22. The van der Waals surface area contributed by atoms with Crippen molar-refractivity contribution in [3.05, 3.63) is 0 Å². The highest BCUT2D eigenvalue weighted by atomic mass is 35.5. The Bertz CT molecular complexity index is 163. The number of esters is 1. The maximum Gasteiger partial charge on any atom is 0.323 e. The van der Waals surface area contributed by atoms with Gasteiger partial charge in [0.05, 0.1) is 0 Å². The molecule has 0 rings (SSSR count). The van der Waals surface area contributed by atoms with E-state index >= 15 is 0 Å². The summed E-state index contributed by atoms with van der Waals surface area (Å²) in [5, 5.41) is 0. The average molecular weight is 210 g/mol. The summed E-state index contributed by atoms with van der Waals surface area (Å²) in [4.78, 5) is 11.3. The lowest BCUT2D eigenvalue weighted by atomic mass is 10.1. The van der Waals surface area contributed by atoms with Crippen LogP contribution >= 0.6 is 12.4 Å². The number of carbonyl (C=O) groups is 1. The fourth-order valence-electron chi connectivity index (χ4n) is 0.642. The molecule has 0 spiro atoms. The van der Waals surface area contributed by atoms with Crippen LogP contribution < -0.4 is 5.73 Å². The van der Waals surface area contributed by atoms with Crippen LogP contribution in [0.2, 0.25) is 0 Å². The van der Waals surface area contributed by atoms with Crippen LogP contribution in [0.15, 0.2) is 0 Å². The highest BCUT2D eigenvalue weighted by molar-refractivity contribution is 5.85. The quantitative estimate of drug-likeness (QED) is 0.705. The number of ether oxygens (including phenoxy) is 1. The van der Waals surface area contributed by atoms with Crippen LogP contribution in [0.5, 0.6) is 0 Å². The second-order valence-electron chi connectivity index (χ2n) is 4.30. The van der Waals surface area contributed by atoms with Crippen LogP contribution in [0.3, 0.4) is 0 Å². The number of hydrogen-bond donors (Lipinski definition) is 1. The van der Waals surface area contributed by atoms with Gasteiger partial charge < -0.3 is 10.5 Å². The molecule has 4 heteroatoms. The summed E-state index contributed by atoms with van der Waals surface area (Å²) in [5.41, 5.74) is 5.15. The molecule has 0 bridgehead atoms. The van der Waals surface area contributed by atoms with Crippen molar-refractivity contribution in [3.63, 3.8) is 0 Å². The van der Waals surface area contributed by atoms with E-state index in [0.717, 1.165) is 0 Å². The van der Waals surface area contributed by atoms with Gasteiger partial charge in [-0.1, -0.05) is 13.8 Å². The molecular weight excluding hydrogens is 190 g/mol. The number of carbonyl (C=O) groups excluding carboxylic acids is 1. The number of hydrogen-bond acceptors (Lipinski definition) is 3. The Kier molecular flexibility index (Phi) is 6.37. The summed E-state index contributed by atoms with van der Waals surface area (Å²) < 4.78 is 5.10. The van der Waals surface area contributed by atoms with Crippen molar-refractivity contribution >= 4 is 18.4 Å². The third-order valence-corrected chi connectivity index (χ3v) is 1.40. The minimum Gasteiger partial charge on any atom is -0.459 e. The van der Waals surface area contributed by atoms with Crippen LogP contribution in [0.25, 0.3) is 0 Å². The maximum atomic E-state index is 11.3. The molecule has 3 nitrogen and oxygen atoms in total. The second-order valence-corrected chi connectivity index (χ2v) is 4.30. The van der Waals surface area contributed by atoms with Gasteiger partial charge in [-0.3, -0.25) is 4.79 Å². The van der Waals surface area contributed by atoms with Gasteiger partial charge in [-0.2, -0.15) is 0 Å². The van der Waals surface area contributed by atoms with Crippen LogP contribution in [0, 0.1) is 5.92 Å². The normalized spacial score (nSPS) is 13.5. The standard InChI is InChI=1S/C9H19NO2.ClH/c1-6(2)7(10)8(11)12-9(3,4)5;/h6-7H,10H2,1-5H3;1H/t7-;/m0./s1. The highest BCUT2D eigenvalue weighted by Crippen LogP contribution is 2.10. The molecule has 0 saturated heterocycles. The van der Waals surface area contributed by atoms with Crippen LogP contribution in [0.1, 0.15) is 34.6 Å². The van der Waals surface area contributed by atoms with E-state index in [0.29, 0.717) is 0 Å². The topological polar surface area (TPSA) is 52.3 Å². The molecule has 80 valence electrons. The molecule has 0 heterocycles. The summed E-state index contributed by atoms with van der Waals surface area (Å²) in [6, 6.07) is -0.510. The third-order valence-electron chi connectivity index (χ3n) is 1.40. The van der Waals surface area contributed by atoms with Gasteiger partial charge >= 0.3 is 5.97 Å². The fourth-order valence-corrected chi connectivity index (χ4v) is 0.642. The van der Waals surface area contributed by atoms with E-state index < -0.39 is 11.6 Å². The molecule has 0 radical (unpaired) electrons. The van der Waals surface area contributed by atoms with Crippen molar-refractivity contribution < 1.29 is 9.53 Å². The SMILES string of the molecule is CC(C)[C@H](N)C(=O)OC(C)(C)C.Cl. The first-order chi connectivity index (χ1) is 5.24. The van der Waals surface area contributed by atoms with E-state index in [9.17, 15) is 4.79 Å². The summed E-state index contributed by atoms with van der Waals surface area (Å²) >= 11 is 0. The van der Waals surface area contributed by atoms with Crippen molar-refractivity contribution in [2.24, 2.45) is 11.7 Å². The van der Waals surface area contributed by atoms with Gasteiger partial charge in [-0.05, 0) is 26.7 Å². The van der Waals surface area contributed by atoms with Crippen molar-refractivity contribution in [1.82, 2.24) is 0 Å². The largest absolute Gasteiger partial charge is 0.459 e. The fraction of sp³-hybridized carbons (Fsp3) is 0.889. The smallest absolute Gasteiger partial charge is 0.323 e. The van der Waals surface area contributed by atoms with Crippen LogP contribution in [0.4, 0.5) is 0 Å². The number of rotatable bonds is 2. The van der Waals surface area contributed by atoms with Crippen molar-refractivity contribution in [2.75, 3.05) is 0 Å². The number of nitrogens with two attached hydrogens (primary N) is 1. The van der Waals surface area contributed by atoms with Crippen LogP contribution in [-0.2, 0) is 9.53 Å². The third kappa shape index (κ3) is 6.84. The molecule has 0 unspecified atom stereocenters. The first kappa shape index (κ1) is 15.2. The Balaban J connectivity index is 0. The lowest BCUT2D eigenvalue weighted by Crippen LogP contribution is -2.40. The molecule has 0 saturated carbocycles. The van der Waals surface area contributed by atoms with Gasteiger partial charge in [0.1, 0.15) is 11.6 Å². The van der Waals surface area contributed by atoms with Crippen LogP contribution in [-0.4, -0.2) is 17.6 Å². The Morgan fingerprint density at radius 2 is 1.69 bits per heavy atom. The number of halogens is 1. The van der Waals surface area contributed by atoms with Crippen molar-refractivity contribution in [3.8, 4) is 0 Å². The zero-order chi connectivity index (χ0) is 9.94. The lowest BCUT2D eigenvalue weighted by molar-refractivity contribution is -0.157. The predicted octanol–water partition coefficient (Wildman–Crippen LogP) is 1.73. The van der Waals surface area contributed by atoms with Gasteiger partial charge in [0, 0.05) is 0 Å². The Morgan fingerprint density at radius 1 is 1.31 bits per heavy atom. The van der Waals surface area contributed by atoms with Gasteiger partial charge in [0.15, 0.2) is 0 Å². The summed E-state index contributed by atoms with van der Waals surface area (Å²) in [7, 11) is 0. The highest BCUT2D eigenvalue weighted by Gasteiger charge is 2.23. The molecule has 1 atom stereocenters. The molecule has 0 aromatic rings. The Hall–Kier alpha value is -0.280. The van der Waals surface area contributed by atoms with E-state index in [4.69, 9.17) is 10.5 Å². The van der Waals surface area contributed by atoms with Gasteiger partial charge in [0.25, 0.3) is 0 Å². The van der Waals surface area contributed by atoms with Gasteiger partial charge in [0.2, 0.25) is 0 Å². The lowest BCUT2D eigenvalue weighted by Gasteiger charge is -2.23. The Morgan fingerprint density at radius 3 is 1.92 bits per heavy atom. The maximum absolute atomic E-state index is 11.3. The predicted molar refractivity (Wildman–Crippen MR) is 55.9 cm³/mol. The summed E-state index contributed by atoms with van der Waals surface area (Å²) in [6.07, 6.45) is 0. The zero-order valence-electron chi connectivity index (χ0n) is 8.96. The second kappa shape index (κ2) is 5.45. The molecule has 0 aliphatic heterocycles. The van der Waals surface area contributed by atoms with E-state index in [1.54, 1.807) is 0 Å². The molecule has 13 heavy (non-hydrogen) atoms. The summed E-state index contributed by atoms with van der Waals surface area (Å²) in [6.45, 7) is 9.29. The molecular formula is C9H20ClNO2. The molecule has 0 aliphatic carbocycles.